The highest BCUT2D eigenvalue weighted by Gasteiger charge is 2.47. The van der Waals surface area contributed by atoms with Crippen LogP contribution in [0.15, 0.2) is 0 Å². The fourth-order valence-electron chi connectivity index (χ4n) is 0.669. The van der Waals surface area contributed by atoms with E-state index in [4.69, 9.17) is 5.53 Å². The molecule has 8 heteroatoms. The van der Waals surface area contributed by atoms with Crippen LogP contribution in [0.2, 0.25) is 0 Å². The molecule has 0 aliphatic rings. The third-order valence-electron chi connectivity index (χ3n) is 1.76. The molecule has 0 unspecified atom stereocenters. The van der Waals surface area contributed by atoms with Crippen LogP contribution >= 0.6 is 0 Å². The molecule has 0 aromatic rings. The molecule has 0 atom stereocenters. The van der Waals surface area contributed by atoms with Crippen molar-refractivity contribution in [3.8, 4) is 0 Å². The van der Waals surface area contributed by atoms with Crippen molar-refractivity contribution >= 4 is 24.1 Å². The Kier molecular flexibility index (Phi) is 3.84. The minimum Gasteiger partial charge on any atom is -0.359 e. The SMILES string of the molecule is CCS(=O)(=O)C(=[N+]=[N-])S(=O)(=O)C(C)(C)C. The lowest BCUT2D eigenvalue weighted by molar-refractivity contribution is 0.00368. The Morgan fingerprint density at radius 1 is 1.20 bits per heavy atom. The van der Waals surface area contributed by atoms with Crippen LogP contribution in [0.5, 0.6) is 0 Å². The number of nitrogens with zero attached hydrogens (tertiary/aromatic N) is 2. The molecule has 0 fully saturated rings. The van der Waals surface area contributed by atoms with Gasteiger partial charge in [0.05, 0.1) is 10.5 Å². The molecular formula is C7H14N2O4S2. The fraction of sp³-hybridized carbons (Fsp3) is 0.857. The maximum Gasteiger partial charge on any atom is 0.495 e. The maximum atomic E-state index is 11.7. The van der Waals surface area contributed by atoms with E-state index in [9.17, 15) is 16.8 Å². The number of rotatable bonds is 1. The smallest absolute Gasteiger partial charge is 0.359 e. The minimum atomic E-state index is -4.15. The topological polar surface area (TPSA) is 105 Å². The molecule has 0 N–H and O–H groups in total. The van der Waals surface area contributed by atoms with Crippen LogP contribution in [0.1, 0.15) is 27.7 Å². The molecule has 0 amide bonds. The fourth-order valence-corrected chi connectivity index (χ4v) is 4.11. The largest absolute Gasteiger partial charge is 0.495 e. The summed E-state index contributed by atoms with van der Waals surface area (Å²) in [4.78, 5) is 2.41. The second kappa shape index (κ2) is 4.03. The summed E-state index contributed by atoms with van der Waals surface area (Å²) in [7, 11) is -8.19. The first kappa shape index (κ1) is 14.3. The van der Waals surface area contributed by atoms with Gasteiger partial charge in [0.25, 0.3) is 19.7 Å². The van der Waals surface area contributed by atoms with E-state index in [0.29, 0.717) is 0 Å². The van der Waals surface area contributed by atoms with E-state index in [2.05, 4.69) is 4.79 Å². The van der Waals surface area contributed by atoms with Crippen molar-refractivity contribution in [3.63, 3.8) is 0 Å². The second-order valence-corrected chi connectivity index (χ2v) is 8.96. The predicted molar refractivity (Wildman–Crippen MR) is 56.8 cm³/mol. The van der Waals surface area contributed by atoms with E-state index < -0.39 is 34.6 Å². The third kappa shape index (κ3) is 2.64. The highest BCUT2D eigenvalue weighted by molar-refractivity contribution is 8.31. The minimum absolute atomic E-state index is 0.429. The molecule has 0 saturated carbocycles. The Morgan fingerprint density at radius 2 is 1.60 bits per heavy atom. The zero-order valence-corrected chi connectivity index (χ0v) is 10.7. The standard InChI is InChI=1S/C7H14N2O4S2/c1-5-14(10,11)6(9-8)15(12,13)7(2,3)4/h5H2,1-4H3. The van der Waals surface area contributed by atoms with E-state index in [0.717, 1.165) is 0 Å². The molecule has 0 aromatic carbocycles. The molecule has 0 rings (SSSR count). The van der Waals surface area contributed by atoms with Gasteiger partial charge in [0, 0.05) is 0 Å². The van der Waals surface area contributed by atoms with Crippen molar-refractivity contribution in [2.45, 2.75) is 32.4 Å². The van der Waals surface area contributed by atoms with Crippen molar-refractivity contribution in [1.82, 2.24) is 0 Å². The van der Waals surface area contributed by atoms with Crippen LogP contribution in [0, 0.1) is 0 Å². The van der Waals surface area contributed by atoms with Gasteiger partial charge in [0.2, 0.25) is 0 Å². The van der Waals surface area contributed by atoms with Gasteiger partial charge < -0.3 is 5.53 Å². The zero-order valence-electron chi connectivity index (χ0n) is 9.05. The highest BCUT2D eigenvalue weighted by Crippen LogP contribution is 2.19. The Labute approximate surface area is 89.8 Å². The van der Waals surface area contributed by atoms with Gasteiger partial charge in [-0.25, -0.2) is 16.8 Å². The Morgan fingerprint density at radius 3 is 1.80 bits per heavy atom. The summed E-state index contributed by atoms with van der Waals surface area (Å²) >= 11 is 0. The first-order valence-corrected chi connectivity index (χ1v) is 7.33. The van der Waals surface area contributed by atoms with Crippen molar-refractivity contribution in [2.75, 3.05) is 5.75 Å². The lowest BCUT2D eigenvalue weighted by Crippen LogP contribution is -2.39. The van der Waals surface area contributed by atoms with Gasteiger partial charge >= 0.3 is 4.38 Å². The molecule has 6 nitrogen and oxygen atoms in total. The molecule has 0 aliphatic carbocycles. The number of sulfone groups is 2. The first-order valence-electron chi connectivity index (χ1n) is 4.20. The summed E-state index contributed by atoms with van der Waals surface area (Å²) in [6.07, 6.45) is 0. The molecule has 0 saturated heterocycles. The summed E-state index contributed by atoms with van der Waals surface area (Å²) in [5, 5.41) is 0. The third-order valence-corrected chi connectivity index (χ3v) is 6.71. The highest BCUT2D eigenvalue weighted by atomic mass is 32.3. The normalized spacial score (nSPS) is 13.3. The Bertz CT molecular complexity index is 490. The van der Waals surface area contributed by atoms with E-state index in [1.54, 1.807) is 0 Å². The molecule has 0 heterocycles. The van der Waals surface area contributed by atoms with Gasteiger partial charge in [-0.2, -0.15) is 0 Å². The Balaban J connectivity index is 5.95. The van der Waals surface area contributed by atoms with Crippen LogP contribution in [0.25, 0.3) is 5.53 Å². The predicted octanol–water partition coefficient (Wildman–Crippen LogP) is 0.220. The van der Waals surface area contributed by atoms with E-state index in [1.165, 1.54) is 27.7 Å². The monoisotopic (exact) mass is 254 g/mol. The van der Waals surface area contributed by atoms with Crippen LogP contribution in [0.4, 0.5) is 0 Å². The number of hydrogen-bond donors (Lipinski definition) is 0. The van der Waals surface area contributed by atoms with E-state index in [-0.39, 0.29) is 0 Å². The molecule has 0 bridgehead atoms. The van der Waals surface area contributed by atoms with E-state index >= 15 is 0 Å². The van der Waals surface area contributed by atoms with E-state index in [1.807, 2.05) is 0 Å². The van der Waals surface area contributed by atoms with Gasteiger partial charge in [-0.15, -0.1) is 4.79 Å². The lowest BCUT2D eigenvalue weighted by atomic mass is 10.3. The average Bonchev–Trinajstić information content (AvgIpc) is 2.02. The quantitative estimate of drug-likeness (QED) is 0.289. The van der Waals surface area contributed by atoms with Gasteiger partial charge in [0.15, 0.2) is 0 Å². The van der Waals surface area contributed by atoms with Crippen molar-refractivity contribution in [2.24, 2.45) is 0 Å². The first-order chi connectivity index (χ1) is 6.50. The number of hydrogen-bond acceptors (Lipinski definition) is 4. The van der Waals surface area contributed by atoms with Gasteiger partial charge in [-0.05, 0) is 20.8 Å². The van der Waals surface area contributed by atoms with Crippen LogP contribution < -0.4 is 0 Å². The van der Waals surface area contributed by atoms with Gasteiger partial charge in [-0.3, -0.25) is 0 Å². The molecule has 0 aliphatic heterocycles. The van der Waals surface area contributed by atoms with Gasteiger partial charge in [-0.1, -0.05) is 6.92 Å². The molecule has 88 valence electrons. The molecule has 0 spiro atoms. The second-order valence-electron chi connectivity index (χ2n) is 3.89. The molecule has 0 radical (unpaired) electrons. The summed E-state index contributed by atoms with van der Waals surface area (Å²) in [6, 6.07) is 0. The summed E-state index contributed by atoms with van der Waals surface area (Å²) < 4.78 is 43.7. The van der Waals surface area contributed by atoms with Gasteiger partial charge in [0.1, 0.15) is 0 Å². The van der Waals surface area contributed by atoms with Crippen molar-refractivity contribution in [3.05, 3.63) is 5.53 Å². The maximum absolute atomic E-state index is 11.7. The molecule has 0 aromatic heterocycles. The summed E-state index contributed by atoms with van der Waals surface area (Å²) in [5.74, 6) is -0.429. The molecular weight excluding hydrogens is 240 g/mol. The summed E-state index contributed by atoms with van der Waals surface area (Å²) in [6.45, 7) is 5.27. The van der Waals surface area contributed by atoms with Crippen LogP contribution in [0.3, 0.4) is 0 Å². The van der Waals surface area contributed by atoms with Crippen LogP contribution in [-0.2, 0) is 19.7 Å². The Hall–Kier alpha value is -0.720. The van der Waals surface area contributed by atoms with Crippen molar-refractivity contribution < 1.29 is 21.6 Å². The zero-order chi connectivity index (χ0) is 12.5. The lowest BCUT2D eigenvalue weighted by Gasteiger charge is -2.14. The molecule has 15 heavy (non-hydrogen) atoms. The van der Waals surface area contributed by atoms with Crippen LogP contribution in [-0.4, -0.2) is 36.5 Å². The summed E-state index contributed by atoms with van der Waals surface area (Å²) in [5.41, 5.74) is 8.52. The van der Waals surface area contributed by atoms with Crippen molar-refractivity contribution in [1.29, 1.82) is 0 Å². The average molecular weight is 254 g/mol.